The average Bonchev–Trinajstić information content (AvgIpc) is 0.784. The van der Waals surface area contributed by atoms with E-state index in [1.807, 2.05) is 0 Å². The molecule has 0 amide bonds. The molecule has 0 aromatic rings. The number of phosphoric acid groups is 2. The minimum Gasteiger partial charge on any atom is -0.756 e. The number of phosphoric ester groups is 2. The molecule has 0 saturated carbocycles. The number of ether oxygens (including phenoxy) is 5. The maximum Gasteiger partial charge on any atom is 0.276 e. The smallest absolute Gasteiger partial charge is 0.276 e. The van der Waals surface area contributed by atoms with Crippen molar-refractivity contribution < 1.29 is 102 Å². The molecule has 3 aliphatic heterocycles. The van der Waals surface area contributed by atoms with Crippen LogP contribution in [-0.2, 0) is 46.2 Å². The van der Waals surface area contributed by atoms with Crippen molar-refractivity contribution in [2.24, 2.45) is 0 Å². The van der Waals surface area contributed by atoms with Gasteiger partial charge in [-0.2, -0.15) is 0 Å². The second-order valence-electron chi connectivity index (χ2n) is 26.8. The van der Waals surface area contributed by atoms with Crippen LogP contribution in [0.5, 0.6) is 0 Å². The standard InChI is InChI=1S/C73H122O21P2/c1-48(2)24-14-25-49(3)26-15-27-50(4)28-16-29-51(5)30-17-31-52(6)32-18-33-53(7)34-19-35-54(8)36-20-37-55(9)38-21-39-56(10)40-22-41-57(11)42-23-43-58(12)44-45-87-95(83,84)94-96(85,86)93-73-68(82)70(63(77)61(47-75)90-73)92-71-67(81)65(79)69(59(13)88-71)91-72-66(80)64(78)62(76)60(46-74)89-72/h24,26,28,30,32,34,36,38,40,42,44,59-82H,14-23,25,27,29,31,33,35,37,39,41,43,45-47H2,1-13H3,(H,83,84)(H,85,86)/p-2/b49-26+,50-28+,51-30-,52-32-,53-34-,54-36-,55-38-,56-40-,57-42-,58-44-/t59-,60+,61+,62+,63-,64-,65-,66-,67+,68+,69-,70-,71-,72-,73+/m0/s1. The van der Waals surface area contributed by atoms with E-state index in [4.69, 9.17) is 32.7 Å². The van der Waals surface area contributed by atoms with Crippen LogP contribution in [0.1, 0.15) is 218 Å². The van der Waals surface area contributed by atoms with Gasteiger partial charge in [-0.1, -0.05) is 128 Å². The first kappa shape index (κ1) is 87.1. The molecule has 550 valence electrons. The molecule has 3 fully saturated rings. The van der Waals surface area contributed by atoms with Crippen LogP contribution < -0.4 is 9.79 Å². The minimum absolute atomic E-state index is 0.559. The molecule has 0 radical (unpaired) electrons. The quantitative estimate of drug-likeness (QED) is 0.0202. The Hall–Kier alpha value is -3.16. The molecule has 2 unspecified atom stereocenters. The molecule has 0 aromatic heterocycles. The molecule has 23 heteroatoms. The lowest BCUT2D eigenvalue weighted by Gasteiger charge is -2.48. The summed E-state index contributed by atoms with van der Waals surface area (Å²) in [6.45, 7) is 25.0. The number of aliphatic hydroxyl groups is 9. The summed E-state index contributed by atoms with van der Waals surface area (Å²) in [5.74, 6) is 0. The Bertz CT molecular complexity index is 2770. The third-order valence-corrected chi connectivity index (χ3v) is 20.0. The van der Waals surface area contributed by atoms with E-state index in [9.17, 15) is 64.9 Å². The Morgan fingerprint density at radius 1 is 0.365 bits per heavy atom. The van der Waals surface area contributed by atoms with Crippen molar-refractivity contribution in [3.05, 3.63) is 128 Å². The van der Waals surface area contributed by atoms with Crippen molar-refractivity contribution >= 4 is 15.6 Å². The summed E-state index contributed by atoms with van der Waals surface area (Å²) >= 11 is 0. The van der Waals surface area contributed by atoms with Crippen LogP contribution >= 0.6 is 15.6 Å². The summed E-state index contributed by atoms with van der Waals surface area (Å²) < 4.78 is 66.5. The van der Waals surface area contributed by atoms with Crippen LogP contribution in [0.2, 0.25) is 0 Å². The summed E-state index contributed by atoms with van der Waals surface area (Å²) in [7, 11) is -11.6. The molecule has 0 bridgehead atoms. The van der Waals surface area contributed by atoms with Gasteiger partial charge >= 0.3 is 0 Å². The highest BCUT2D eigenvalue weighted by atomic mass is 31.3. The molecule has 3 aliphatic rings. The molecule has 3 rings (SSSR count). The molecule has 96 heavy (non-hydrogen) atoms. The number of allylic oxidation sites excluding steroid dienone is 21. The van der Waals surface area contributed by atoms with Gasteiger partial charge in [0.25, 0.3) is 15.6 Å². The minimum atomic E-state index is -5.98. The van der Waals surface area contributed by atoms with Gasteiger partial charge in [-0.25, -0.2) is 4.31 Å². The number of aliphatic hydroxyl groups excluding tert-OH is 9. The van der Waals surface area contributed by atoms with Gasteiger partial charge in [0.05, 0.1) is 25.9 Å². The fraction of sp³-hybridized carbons (Fsp3) is 0.699. The normalized spacial score (nSPS) is 29.6. The van der Waals surface area contributed by atoms with Crippen LogP contribution in [0, 0.1) is 0 Å². The molecule has 17 atom stereocenters. The predicted octanol–water partition coefficient (Wildman–Crippen LogP) is 11.7. The molecule has 3 saturated heterocycles. The van der Waals surface area contributed by atoms with E-state index in [0.717, 1.165) is 121 Å². The summed E-state index contributed by atoms with van der Waals surface area (Å²) in [6.07, 6.45) is 18.0. The Labute approximate surface area is 573 Å². The van der Waals surface area contributed by atoms with E-state index < -0.39 is 128 Å². The second-order valence-corrected chi connectivity index (χ2v) is 29.8. The van der Waals surface area contributed by atoms with Crippen molar-refractivity contribution in [2.45, 2.75) is 311 Å². The van der Waals surface area contributed by atoms with Gasteiger partial charge < -0.3 is 84.0 Å². The first-order valence-corrected chi connectivity index (χ1v) is 37.3. The number of hydrogen-bond acceptors (Lipinski definition) is 21. The van der Waals surface area contributed by atoms with Crippen LogP contribution in [-0.4, -0.2) is 158 Å². The van der Waals surface area contributed by atoms with Gasteiger partial charge in [-0.15, -0.1) is 0 Å². The van der Waals surface area contributed by atoms with Crippen molar-refractivity contribution in [3.8, 4) is 0 Å². The maximum absolute atomic E-state index is 12.9. The average molecular weight is 1400 g/mol. The SMILES string of the molecule is CC(C)=CCC/C(C)=C/CC/C(C)=C/CC/C(C)=C\CC/C(C)=C\CC/C(C)=C\CC/C(C)=C\CC/C(C)=C\CC/C(C)=C\CC/C(C)=C\CC/C(C)=C\COP(=O)([O-])OP(=O)([O-])O[C@H]1O[C@H](CO)[C@H](O)[C@H](O[C@@H]2O[C@@H](C)[C@H](O[C@@H]3O[C@H](CO)[C@@H](O)[C@H](O)[C@@H]3O)[C@@H](O)[C@H]2O)[C@H]1O. The molecule has 0 spiro atoms. The summed E-state index contributed by atoms with van der Waals surface area (Å²) in [5, 5.41) is 94.0. The van der Waals surface area contributed by atoms with Crippen LogP contribution in [0.3, 0.4) is 0 Å². The van der Waals surface area contributed by atoms with E-state index in [1.165, 1.54) is 68.7 Å². The monoisotopic (exact) mass is 1390 g/mol. The lowest BCUT2D eigenvalue weighted by Crippen LogP contribution is -2.66. The first-order valence-electron chi connectivity index (χ1n) is 34.4. The predicted molar refractivity (Wildman–Crippen MR) is 370 cm³/mol. The molecule has 9 N–H and O–H groups in total. The van der Waals surface area contributed by atoms with Crippen LogP contribution in [0.25, 0.3) is 0 Å². The van der Waals surface area contributed by atoms with Crippen molar-refractivity contribution in [1.82, 2.24) is 0 Å². The Kier molecular flexibility index (Phi) is 41.4. The third kappa shape index (κ3) is 34.0. The van der Waals surface area contributed by atoms with Crippen LogP contribution in [0.15, 0.2) is 128 Å². The summed E-state index contributed by atoms with van der Waals surface area (Å²) in [5.41, 5.74) is 15.0. The molecule has 3 heterocycles. The Morgan fingerprint density at radius 2 is 0.667 bits per heavy atom. The highest BCUT2D eigenvalue weighted by Gasteiger charge is 2.53. The van der Waals surface area contributed by atoms with Crippen molar-refractivity contribution in [1.29, 1.82) is 0 Å². The number of hydrogen-bond donors (Lipinski definition) is 9. The van der Waals surface area contributed by atoms with E-state index in [2.05, 4.69) is 141 Å². The summed E-state index contributed by atoms with van der Waals surface area (Å²) in [4.78, 5) is 25.5. The lowest BCUT2D eigenvalue weighted by atomic mass is 9.96. The van der Waals surface area contributed by atoms with Gasteiger partial charge in [-0.3, -0.25) is 13.7 Å². The van der Waals surface area contributed by atoms with E-state index in [-0.39, 0.29) is 0 Å². The van der Waals surface area contributed by atoms with Crippen molar-refractivity contribution in [3.63, 3.8) is 0 Å². The molecule has 0 aliphatic carbocycles. The topological polar surface area (TPSA) is 336 Å². The summed E-state index contributed by atoms with van der Waals surface area (Å²) in [6, 6.07) is 0. The molecular formula is C73H120O21P2-2. The third-order valence-electron chi connectivity index (χ3n) is 17.5. The van der Waals surface area contributed by atoms with Gasteiger partial charge in [0, 0.05) is 0 Å². The first-order chi connectivity index (χ1) is 45.3. The highest BCUT2D eigenvalue weighted by molar-refractivity contribution is 7.59. The highest BCUT2D eigenvalue weighted by Crippen LogP contribution is 2.57. The van der Waals surface area contributed by atoms with Crippen LogP contribution in [0.4, 0.5) is 0 Å². The van der Waals surface area contributed by atoms with E-state index >= 15 is 0 Å². The van der Waals surface area contributed by atoms with E-state index in [0.29, 0.717) is 12.8 Å². The largest absolute Gasteiger partial charge is 0.756 e. The van der Waals surface area contributed by atoms with E-state index in [1.54, 1.807) is 6.92 Å². The molecular weight excluding hydrogens is 1270 g/mol. The maximum atomic E-state index is 12.9. The lowest BCUT2D eigenvalue weighted by molar-refractivity contribution is -0.375. The second kappa shape index (κ2) is 45.7. The fourth-order valence-electron chi connectivity index (χ4n) is 11.2. The van der Waals surface area contributed by atoms with Gasteiger partial charge in [0.15, 0.2) is 18.9 Å². The Morgan fingerprint density at radius 3 is 1.02 bits per heavy atom. The molecule has 0 aromatic carbocycles. The zero-order chi connectivity index (χ0) is 71.7. The van der Waals surface area contributed by atoms with Crippen molar-refractivity contribution in [2.75, 3.05) is 19.8 Å². The zero-order valence-electron chi connectivity index (χ0n) is 59.6. The fourth-order valence-corrected chi connectivity index (χ4v) is 13.2. The Balaban J connectivity index is 1.31. The zero-order valence-corrected chi connectivity index (χ0v) is 61.4. The van der Waals surface area contributed by atoms with Gasteiger partial charge in [0.1, 0.15) is 67.1 Å². The number of rotatable bonds is 43. The molecule has 21 nitrogen and oxygen atoms in total. The van der Waals surface area contributed by atoms with Gasteiger partial charge in [0.2, 0.25) is 0 Å². The van der Waals surface area contributed by atoms with Gasteiger partial charge in [-0.05, 0) is 218 Å².